The Bertz CT molecular complexity index is 526. The Balaban J connectivity index is 3.07. The molecule has 0 fully saturated rings. The van der Waals surface area contributed by atoms with Crippen LogP contribution in [0.15, 0.2) is 29.2 Å². The molecule has 4 N–H and O–H groups in total. The maximum atomic E-state index is 12.2. The first-order chi connectivity index (χ1) is 8.93. The Hall–Kier alpha value is -1.60. The molecule has 0 saturated heterocycles. The standard InChI is InChI=1S/C12H19N3O3S/c1-2-9-15(12(14)16)19(17,18)11-5-3-10(4-6-11)7-8-13/h3-6H,2,7-9,13H2,1H3,(H2,14,16). The van der Waals surface area contributed by atoms with Crippen LogP contribution in [0.1, 0.15) is 18.9 Å². The molecule has 0 heterocycles. The molecule has 1 aromatic carbocycles. The van der Waals surface area contributed by atoms with Gasteiger partial charge < -0.3 is 11.5 Å². The largest absolute Gasteiger partial charge is 0.351 e. The van der Waals surface area contributed by atoms with Gasteiger partial charge in [-0.05, 0) is 37.1 Å². The van der Waals surface area contributed by atoms with Gasteiger partial charge in [0.1, 0.15) is 0 Å². The van der Waals surface area contributed by atoms with Gasteiger partial charge in [-0.3, -0.25) is 0 Å². The minimum Gasteiger partial charge on any atom is -0.351 e. The molecule has 0 spiro atoms. The Morgan fingerprint density at radius 2 is 1.84 bits per heavy atom. The van der Waals surface area contributed by atoms with Gasteiger partial charge in [0.2, 0.25) is 0 Å². The van der Waals surface area contributed by atoms with Crippen molar-refractivity contribution < 1.29 is 13.2 Å². The second-order valence-electron chi connectivity index (χ2n) is 4.10. The van der Waals surface area contributed by atoms with E-state index in [9.17, 15) is 13.2 Å². The summed E-state index contributed by atoms with van der Waals surface area (Å²) in [4.78, 5) is 11.3. The van der Waals surface area contributed by atoms with Crippen molar-refractivity contribution in [3.8, 4) is 0 Å². The van der Waals surface area contributed by atoms with Crippen molar-refractivity contribution in [3.63, 3.8) is 0 Å². The molecule has 0 bridgehead atoms. The summed E-state index contributed by atoms with van der Waals surface area (Å²) < 4.78 is 25.2. The van der Waals surface area contributed by atoms with Gasteiger partial charge >= 0.3 is 6.03 Å². The summed E-state index contributed by atoms with van der Waals surface area (Å²) in [5.41, 5.74) is 11.5. The highest BCUT2D eigenvalue weighted by atomic mass is 32.2. The zero-order chi connectivity index (χ0) is 14.5. The molecular formula is C12H19N3O3S. The van der Waals surface area contributed by atoms with Crippen molar-refractivity contribution in [2.75, 3.05) is 13.1 Å². The van der Waals surface area contributed by atoms with E-state index in [1.54, 1.807) is 19.1 Å². The molecule has 106 valence electrons. The predicted molar refractivity (Wildman–Crippen MR) is 73.0 cm³/mol. The summed E-state index contributed by atoms with van der Waals surface area (Å²) in [6.45, 7) is 2.34. The molecule has 7 heteroatoms. The van der Waals surface area contributed by atoms with Crippen LogP contribution in [0, 0.1) is 0 Å². The van der Waals surface area contributed by atoms with E-state index >= 15 is 0 Å². The minimum absolute atomic E-state index is 0.0560. The van der Waals surface area contributed by atoms with E-state index in [0.29, 0.717) is 23.7 Å². The van der Waals surface area contributed by atoms with Crippen LogP contribution in [-0.4, -0.2) is 31.8 Å². The van der Waals surface area contributed by atoms with Crippen molar-refractivity contribution in [1.29, 1.82) is 0 Å². The molecule has 2 amide bonds. The number of urea groups is 1. The number of sulfonamides is 1. The zero-order valence-electron chi connectivity index (χ0n) is 10.9. The van der Waals surface area contributed by atoms with Gasteiger partial charge in [-0.2, -0.15) is 0 Å². The fourth-order valence-corrected chi connectivity index (χ4v) is 3.07. The van der Waals surface area contributed by atoms with Gasteiger partial charge in [0.05, 0.1) is 4.90 Å². The van der Waals surface area contributed by atoms with Crippen LogP contribution < -0.4 is 11.5 Å². The van der Waals surface area contributed by atoms with Gasteiger partial charge in [-0.1, -0.05) is 19.1 Å². The molecule has 1 rings (SSSR count). The van der Waals surface area contributed by atoms with Crippen LogP contribution in [0.2, 0.25) is 0 Å². The number of primary amides is 1. The Morgan fingerprint density at radius 3 is 2.26 bits per heavy atom. The number of rotatable bonds is 6. The topological polar surface area (TPSA) is 106 Å². The first kappa shape index (κ1) is 15.5. The van der Waals surface area contributed by atoms with Crippen molar-refractivity contribution in [2.24, 2.45) is 11.5 Å². The highest BCUT2D eigenvalue weighted by Gasteiger charge is 2.26. The first-order valence-electron chi connectivity index (χ1n) is 6.04. The molecule has 6 nitrogen and oxygen atoms in total. The minimum atomic E-state index is -3.87. The third-order valence-corrected chi connectivity index (χ3v) is 4.43. The fourth-order valence-electron chi connectivity index (χ4n) is 1.67. The normalized spacial score (nSPS) is 11.3. The second-order valence-corrected chi connectivity index (χ2v) is 5.96. The van der Waals surface area contributed by atoms with Crippen LogP contribution in [0.25, 0.3) is 0 Å². The second kappa shape index (κ2) is 6.53. The van der Waals surface area contributed by atoms with Gasteiger partial charge in [0, 0.05) is 6.54 Å². The number of nitrogens with zero attached hydrogens (tertiary/aromatic N) is 1. The van der Waals surface area contributed by atoms with Crippen LogP contribution >= 0.6 is 0 Å². The molecule has 19 heavy (non-hydrogen) atoms. The summed E-state index contributed by atoms with van der Waals surface area (Å²) in [6.07, 6.45) is 1.18. The average molecular weight is 285 g/mol. The quantitative estimate of drug-likeness (QED) is 0.801. The lowest BCUT2D eigenvalue weighted by molar-refractivity contribution is 0.232. The summed E-state index contributed by atoms with van der Waals surface area (Å²) in [5.74, 6) is 0. The van der Waals surface area contributed by atoms with E-state index < -0.39 is 16.1 Å². The molecule has 0 atom stereocenters. The van der Waals surface area contributed by atoms with Gasteiger partial charge in [0.25, 0.3) is 10.0 Å². The summed E-state index contributed by atoms with van der Waals surface area (Å²) in [6, 6.07) is 5.33. The van der Waals surface area contributed by atoms with Crippen molar-refractivity contribution in [3.05, 3.63) is 29.8 Å². The molecule has 0 aliphatic carbocycles. The monoisotopic (exact) mass is 285 g/mol. The SMILES string of the molecule is CCCN(C(N)=O)S(=O)(=O)c1ccc(CCN)cc1. The van der Waals surface area contributed by atoms with Crippen molar-refractivity contribution in [1.82, 2.24) is 4.31 Å². The molecular weight excluding hydrogens is 266 g/mol. The molecule has 0 radical (unpaired) electrons. The van der Waals surface area contributed by atoms with E-state index in [1.807, 2.05) is 0 Å². The van der Waals surface area contributed by atoms with E-state index in [2.05, 4.69) is 0 Å². The molecule has 1 aromatic rings. The lowest BCUT2D eigenvalue weighted by Gasteiger charge is -2.19. The molecule has 0 aromatic heterocycles. The number of carbonyl (C=O) groups excluding carboxylic acids is 1. The maximum absolute atomic E-state index is 12.2. The first-order valence-corrected chi connectivity index (χ1v) is 7.48. The summed E-state index contributed by atoms with van der Waals surface area (Å²) >= 11 is 0. The highest BCUT2D eigenvalue weighted by Crippen LogP contribution is 2.16. The van der Waals surface area contributed by atoms with Gasteiger partial charge in [-0.15, -0.1) is 0 Å². The van der Waals surface area contributed by atoms with Crippen LogP contribution in [0.5, 0.6) is 0 Å². The smallest absolute Gasteiger partial charge is 0.328 e. The summed E-state index contributed by atoms with van der Waals surface area (Å²) in [5, 5.41) is 0. The lowest BCUT2D eigenvalue weighted by atomic mass is 10.2. The van der Waals surface area contributed by atoms with E-state index in [4.69, 9.17) is 11.5 Å². The number of hydrogen-bond acceptors (Lipinski definition) is 4. The van der Waals surface area contributed by atoms with Gasteiger partial charge in [-0.25, -0.2) is 17.5 Å². The lowest BCUT2D eigenvalue weighted by Crippen LogP contribution is -2.41. The van der Waals surface area contributed by atoms with E-state index in [1.165, 1.54) is 12.1 Å². The van der Waals surface area contributed by atoms with Crippen molar-refractivity contribution >= 4 is 16.1 Å². The number of benzene rings is 1. The fraction of sp³-hybridized carbons (Fsp3) is 0.417. The van der Waals surface area contributed by atoms with Crippen LogP contribution in [-0.2, 0) is 16.4 Å². The molecule has 0 aliphatic rings. The van der Waals surface area contributed by atoms with Crippen LogP contribution in [0.4, 0.5) is 4.79 Å². The van der Waals surface area contributed by atoms with E-state index in [0.717, 1.165) is 5.56 Å². The Kier molecular flexibility index (Phi) is 5.31. The number of hydrogen-bond donors (Lipinski definition) is 2. The molecule has 0 unspecified atom stereocenters. The molecule has 0 aliphatic heterocycles. The third-order valence-electron chi connectivity index (χ3n) is 2.62. The number of amides is 2. The Morgan fingerprint density at radius 1 is 1.26 bits per heavy atom. The number of carbonyl (C=O) groups is 1. The van der Waals surface area contributed by atoms with Gasteiger partial charge in [0.15, 0.2) is 0 Å². The van der Waals surface area contributed by atoms with Crippen LogP contribution in [0.3, 0.4) is 0 Å². The zero-order valence-corrected chi connectivity index (χ0v) is 11.7. The van der Waals surface area contributed by atoms with Crippen molar-refractivity contribution in [2.45, 2.75) is 24.7 Å². The Labute approximate surface area is 113 Å². The predicted octanol–water partition coefficient (Wildman–Crippen LogP) is 0.667. The third kappa shape index (κ3) is 3.68. The summed E-state index contributed by atoms with van der Waals surface area (Å²) in [7, 11) is -3.87. The van der Waals surface area contributed by atoms with E-state index in [-0.39, 0.29) is 11.4 Å². The maximum Gasteiger partial charge on any atom is 0.328 e. The average Bonchev–Trinajstić information content (AvgIpc) is 2.36. The number of nitrogens with two attached hydrogens (primary N) is 2. The highest BCUT2D eigenvalue weighted by molar-refractivity contribution is 7.89. The molecule has 0 saturated carbocycles.